The van der Waals surface area contributed by atoms with Gasteiger partial charge in [0.15, 0.2) is 5.82 Å². The van der Waals surface area contributed by atoms with Gasteiger partial charge in [0.2, 0.25) is 15.9 Å². The molecule has 0 aliphatic heterocycles. The summed E-state index contributed by atoms with van der Waals surface area (Å²) in [6, 6.07) is 6.88. The van der Waals surface area contributed by atoms with Crippen molar-refractivity contribution in [2.75, 3.05) is 12.3 Å². The Morgan fingerprint density at radius 3 is 2.75 bits per heavy atom. The number of nitrogen functional groups attached to an aromatic ring is 1. The number of hydrogen-bond acceptors (Lipinski definition) is 6. The number of benzene rings is 1. The van der Waals surface area contributed by atoms with Gasteiger partial charge in [-0.1, -0.05) is 23.4 Å². The van der Waals surface area contributed by atoms with Crippen molar-refractivity contribution in [1.82, 2.24) is 14.9 Å². The number of aryl methyl sites for hydroxylation is 1. The lowest BCUT2D eigenvalue weighted by Gasteiger charge is -2.07. The van der Waals surface area contributed by atoms with Crippen LogP contribution in [-0.4, -0.2) is 25.1 Å². The van der Waals surface area contributed by atoms with Crippen LogP contribution in [0, 0.1) is 6.92 Å². The first-order valence-electron chi connectivity index (χ1n) is 6.06. The molecule has 2 rings (SSSR count). The molecule has 0 aliphatic carbocycles. The summed E-state index contributed by atoms with van der Waals surface area (Å²) in [4.78, 5) is 4.00. The zero-order chi connectivity index (χ0) is 14.6. The molecular formula is C12H16N4O3S. The number of hydrogen-bond donors (Lipinski definition) is 2. The summed E-state index contributed by atoms with van der Waals surface area (Å²) in [7, 11) is -3.44. The number of para-hydroxylation sites is 1. The third-order valence-electron chi connectivity index (χ3n) is 2.64. The van der Waals surface area contributed by atoms with Crippen LogP contribution in [0.2, 0.25) is 0 Å². The molecule has 8 heteroatoms. The lowest BCUT2D eigenvalue weighted by molar-refractivity contribution is 0.387. The molecule has 1 heterocycles. The molecule has 0 radical (unpaired) electrons. The molecule has 7 nitrogen and oxygen atoms in total. The topological polar surface area (TPSA) is 111 Å². The molecule has 20 heavy (non-hydrogen) atoms. The zero-order valence-corrected chi connectivity index (χ0v) is 11.9. The van der Waals surface area contributed by atoms with Crippen molar-refractivity contribution in [1.29, 1.82) is 0 Å². The van der Waals surface area contributed by atoms with Gasteiger partial charge in [0.25, 0.3) is 0 Å². The molecule has 0 spiro atoms. The molecule has 108 valence electrons. The highest BCUT2D eigenvalue weighted by atomic mass is 32.2. The molecule has 1 aromatic carbocycles. The number of nitrogens with zero attached hydrogens (tertiary/aromatic N) is 2. The average Bonchev–Trinajstić information content (AvgIpc) is 2.77. The maximum Gasteiger partial charge on any atom is 0.223 e. The minimum atomic E-state index is -3.44. The summed E-state index contributed by atoms with van der Waals surface area (Å²) < 4.78 is 31.1. The molecule has 0 fully saturated rings. The largest absolute Gasteiger partial charge is 0.398 e. The molecule has 2 aromatic rings. The van der Waals surface area contributed by atoms with Crippen LogP contribution in [0.15, 0.2) is 28.8 Å². The van der Waals surface area contributed by atoms with Gasteiger partial charge in [0.1, 0.15) is 0 Å². The van der Waals surface area contributed by atoms with Crippen LogP contribution >= 0.6 is 0 Å². The Kier molecular flexibility index (Phi) is 4.35. The van der Waals surface area contributed by atoms with Crippen LogP contribution in [0.25, 0.3) is 0 Å². The number of sulfonamides is 1. The molecule has 3 N–H and O–H groups in total. The van der Waals surface area contributed by atoms with Crippen LogP contribution in [0.4, 0.5) is 5.69 Å². The van der Waals surface area contributed by atoms with E-state index < -0.39 is 10.0 Å². The lowest BCUT2D eigenvalue weighted by Crippen LogP contribution is -2.27. The second-order valence-electron chi connectivity index (χ2n) is 4.33. The summed E-state index contributed by atoms with van der Waals surface area (Å²) in [5.74, 6) is 0.787. The third kappa shape index (κ3) is 4.04. The van der Waals surface area contributed by atoms with Gasteiger partial charge in [-0.2, -0.15) is 4.98 Å². The van der Waals surface area contributed by atoms with Crippen LogP contribution in [0.1, 0.15) is 17.3 Å². The van der Waals surface area contributed by atoms with Gasteiger partial charge >= 0.3 is 0 Å². The quantitative estimate of drug-likeness (QED) is 0.756. The normalized spacial score (nSPS) is 11.7. The fraction of sp³-hybridized carbons (Fsp3) is 0.333. The van der Waals surface area contributed by atoms with Crippen molar-refractivity contribution in [2.24, 2.45) is 0 Å². The second kappa shape index (κ2) is 6.02. The van der Waals surface area contributed by atoms with Gasteiger partial charge in [-0.25, -0.2) is 13.1 Å². The maximum absolute atomic E-state index is 11.9. The smallest absolute Gasteiger partial charge is 0.223 e. The van der Waals surface area contributed by atoms with Crippen molar-refractivity contribution < 1.29 is 12.9 Å². The number of nitrogens with one attached hydrogen (secondary N) is 1. The van der Waals surface area contributed by atoms with Crippen molar-refractivity contribution in [3.63, 3.8) is 0 Å². The average molecular weight is 296 g/mol. The molecule has 0 amide bonds. The first-order chi connectivity index (χ1) is 9.46. The highest BCUT2D eigenvalue weighted by Crippen LogP contribution is 2.13. The van der Waals surface area contributed by atoms with Gasteiger partial charge < -0.3 is 10.3 Å². The Morgan fingerprint density at radius 1 is 1.35 bits per heavy atom. The van der Waals surface area contributed by atoms with E-state index in [0.29, 0.717) is 29.4 Å². The predicted molar refractivity (Wildman–Crippen MR) is 74.2 cm³/mol. The Bertz CT molecular complexity index is 682. The van der Waals surface area contributed by atoms with Gasteiger partial charge in [-0.15, -0.1) is 0 Å². The van der Waals surface area contributed by atoms with E-state index in [0.717, 1.165) is 0 Å². The van der Waals surface area contributed by atoms with E-state index in [1.54, 1.807) is 31.2 Å². The van der Waals surface area contributed by atoms with Crippen molar-refractivity contribution in [3.05, 3.63) is 41.5 Å². The zero-order valence-electron chi connectivity index (χ0n) is 11.0. The summed E-state index contributed by atoms with van der Waals surface area (Å²) in [6.07, 6.45) is 0.376. The van der Waals surface area contributed by atoms with E-state index in [2.05, 4.69) is 14.9 Å². The fourth-order valence-corrected chi connectivity index (χ4v) is 2.87. The number of aromatic nitrogens is 2. The van der Waals surface area contributed by atoms with E-state index in [1.165, 1.54) is 0 Å². The van der Waals surface area contributed by atoms with Crippen molar-refractivity contribution >= 4 is 15.7 Å². The minimum Gasteiger partial charge on any atom is -0.398 e. The SMILES string of the molecule is Cc1nc(CCNS(=O)(=O)Cc2ccccc2N)no1. The molecule has 0 atom stereocenters. The summed E-state index contributed by atoms with van der Waals surface area (Å²) >= 11 is 0. The summed E-state index contributed by atoms with van der Waals surface area (Å²) in [6.45, 7) is 1.90. The molecule has 0 bridgehead atoms. The highest BCUT2D eigenvalue weighted by molar-refractivity contribution is 7.88. The molecule has 0 aliphatic rings. The van der Waals surface area contributed by atoms with Crippen LogP contribution in [-0.2, 0) is 22.2 Å². The van der Waals surface area contributed by atoms with E-state index >= 15 is 0 Å². The maximum atomic E-state index is 11.9. The molecule has 0 unspecified atom stereocenters. The van der Waals surface area contributed by atoms with E-state index in [9.17, 15) is 8.42 Å². The third-order valence-corrected chi connectivity index (χ3v) is 3.98. The van der Waals surface area contributed by atoms with E-state index in [-0.39, 0.29) is 12.3 Å². The standard InChI is InChI=1S/C12H16N4O3S/c1-9-15-12(16-19-9)6-7-14-20(17,18)8-10-4-2-3-5-11(10)13/h2-5,14H,6-8,13H2,1H3. The van der Waals surface area contributed by atoms with Crippen LogP contribution in [0.5, 0.6) is 0 Å². The molecule has 1 aromatic heterocycles. The van der Waals surface area contributed by atoms with Gasteiger partial charge in [0.05, 0.1) is 5.75 Å². The first kappa shape index (κ1) is 14.5. The molecular weight excluding hydrogens is 280 g/mol. The second-order valence-corrected chi connectivity index (χ2v) is 6.14. The lowest BCUT2D eigenvalue weighted by atomic mass is 10.2. The van der Waals surface area contributed by atoms with Crippen molar-refractivity contribution in [2.45, 2.75) is 19.1 Å². The monoisotopic (exact) mass is 296 g/mol. The van der Waals surface area contributed by atoms with E-state index in [1.807, 2.05) is 0 Å². The van der Waals surface area contributed by atoms with Crippen molar-refractivity contribution in [3.8, 4) is 0 Å². The number of anilines is 1. The van der Waals surface area contributed by atoms with Gasteiger partial charge in [-0.3, -0.25) is 0 Å². The Morgan fingerprint density at radius 2 is 2.10 bits per heavy atom. The summed E-state index contributed by atoms with van der Waals surface area (Å²) in [5, 5.41) is 3.69. The Hall–Kier alpha value is -1.93. The van der Waals surface area contributed by atoms with E-state index in [4.69, 9.17) is 10.3 Å². The summed E-state index contributed by atoms with van der Waals surface area (Å²) in [5.41, 5.74) is 6.77. The van der Waals surface area contributed by atoms with Crippen LogP contribution < -0.4 is 10.5 Å². The minimum absolute atomic E-state index is 0.148. The number of rotatable bonds is 6. The predicted octanol–water partition coefficient (Wildman–Crippen LogP) is 0.622. The number of nitrogens with two attached hydrogens (primary N) is 1. The first-order valence-corrected chi connectivity index (χ1v) is 7.71. The fourth-order valence-electron chi connectivity index (χ4n) is 1.68. The Balaban J connectivity index is 1.90. The van der Waals surface area contributed by atoms with Gasteiger partial charge in [0, 0.05) is 25.6 Å². The molecule has 0 saturated heterocycles. The Labute approximate surface area is 117 Å². The van der Waals surface area contributed by atoms with Gasteiger partial charge in [-0.05, 0) is 11.6 Å². The molecule has 0 saturated carbocycles. The highest BCUT2D eigenvalue weighted by Gasteiger charge is 2.13. The van der Waals surface area contributed by atoms with Crippen LogP contribution in [0.3, 0.4) is 0 Å².